The molecule has 0 spiro atoms. The number of fused-ring (bicyclic) bond motifs is 4. The number of benzene rings is 3. The molecule has 5 heteroatoms. The Kier molecular flexibility index (Phi) is 6.36. The molecule has 3 heterocycles. The minimum absolute atomic E-state index is 0. The number of hydrogen-bond acceptors (Lipinski definition) is 3. The first-order chi connectivity index (χ1) is 17.5. The van der Waals surface area contributed by atoms with Crippen molar-refractivity contribution in [2.45, 2.75) is 60.8 Å². The number of rotatable bonds is 2. The molecule has 0 saturated carbocycles. The molecule has 6 aromatic rings. The van der Waals surface area contributed by atoms with Gasteiger partial charge in [-0.2, -0.15) is 0 Å². The average molecular weight is 679 g/mol. The Bertz CT molecular complexity index is 1840. The number of aryl methyl sites for hydroxylation is 5. The summed E-state index contributed by atoms with van der Waals surface area (Å²) in [4.78, 5) is 10.1. The van der Waals surface area contributed by atoms with E-state index in [1.54, 1.807) is 0 Å². The third-order valence-electron chi connectivity index (χ3n) is 7.27. The van der Waals surface area contributed by atoms with E-state index in [4.69, 9.17) is 14.4 Å². The first kappa shape index (κ1) is 26.3. The minimum atomic E-state index is -0.0660. The van der Waals surface area contributed by atoms with Crippen molar-refractivity contribution in [1.29, 1.82) is 0 Å². The average Bonchev–Trinajstić information content (AvgIpc) is 3.37. The monoisotopic (exact) mass is 679 g/mol. The quantitative estimate of drug-likeness (QED) is 0.172. The molecule has 0 aliphatic heterocycles. The Balaban J connectivity index is 0.00000294. The van der Waals surface area contributed by atoms with E-state index in [1.165, 1.54) is 22.3 Å². The van der Waals surface area contributed by atoms with E-state index in [2.05, 4.69) is 108 Å². The Labute approximate surface area is 237 Å². The summed E-state index contributed by atoms with van der Waals surface area (Å²) in [6.45, 7) is 17.2. The normalized spacial score (nSPS) is 12.0. The molecule has 3 aromatic heterocycles. The summed E-state index contributed by atoms with van der Waals surface area (Å²) < 4.78 is 8.84. The topological polar surface area (TPSA) is 43.9 Å². The fraction of sp³-hybridized carbons (Fsp3) is 0.273. The molecule has 0 aliphatic carbocycles. The van der Waals surface area contributed by atoms with Crippen LogP contribution in [-0.2, 0) is 25.5 Å². The van der Waals surface area contributed by atoms with Crippen LogP contribution in [0.1, 0.15) is 54.3 Å². The summed E-state index contributed by atoms with van der Waals surface area (Å²) in [5, 5.41) is 2.10. The van der Waals surface area contributed by atoms with E-state index in [0.29, 0.717) is 5.71 Å². The molecule has 0 aliphatic rings. The van der Waals surface area contributed by atoms with Gasteiger partial charge in [0, 0.05) is 42.3 Å². The van der Waals surface area contributed by atoms with Crippen LogP contribution in [0.3, 0.4) is 0 Å². The largest absolute Gasteiger partial charge is 0.486 e. The van der Waals surface area contributed by atoms with Gasteiger partial charge in [-0.1, -0.05) is 62.4 Å². The van der Waals surface area contributed by atoms with E-state index in [1.807, 2.05) is 6.07 Å². The second kappa shape index (κ2) is 9.18. The van der Waals surface area contributed by atoms with E-state index in [9.17, 15) is 0 Å². The van der Waals surface area contributed by atoms with Gasteiger partial charge in [0.05, 0.1) is 22.4 Å². The van der Waals surface area contributed by atoms with Gasteiger partial charge in [-0.05, 0) is 68.7 Å². The van der Waals surface area contributed by atoms with Gasteiger partial charge in [-0.15, -0.1) is 17.7 Å². The molecule has 0 fully saturated rings. The van der Waals surface area contributed by atoms with Crippen molar-refractivity contribution < 1.29 is 24.5 Å². The summed E-state index contributed by atoms with van der Waals surface area (Å²) in [6, 6.07) is 20.8. The van der Waals surface area contributed by atoms with E-state index < -0.39 is 0 Å². The molecule has 1 radical (unpaired) electrons. The summed E-state index contributed by atoms with van der Waals surface area (Å²) in [7, 11) is 0. The molecule has 195 valence electrons. The molecule has 3 aromatic carbocycles. The van der Waals surface area contributed by atoms with Gasteiger partial charge in [0.15, 0.2) is 0 Å². The van der Waals surface area contributed by atoms with Crippen molar-refractivity contribution in [1.82, 2.24) is 14.5 Å². The van der Waals surface area contributed by atoms with Crippen molar-refractivity contribution in [3.8, 4) is 17.1 Å². The van der Waals surface area contributed by atoms with Gasteiger partial charge < -0.3 is 8.98 Å². The molecule has 0 N–H and O–H groups in total. The maximum Gasteiger partial charge on any atom is 0.216 e. The zero-order valence-corrected chi connectivity index (χ0v) is 25.6. The van der Waals surface area contributed by atoms with Crippen LogP contribution in [0.25, 0.3) is 50.2 Å². The van der Waals surface area contributed by atoms with Gasteiger partial charge >= 0.3 is 0 Å². The summed E-state index contributed by atoms with van der Waals surface area (Å²) in [5.74, 6) is 0.829. The van der Waals surface area contributed by atoms with Crippen molar-refractivity contribution in [2.24, 2.45) is 0 Å². The number of furan rings is 1. The minimum Gasteiger partial charge on any atom is -0.486 e. The third kappa shape index (κ3) is 4.09. The van der Waals surface area contributed by atoms with Crippen molar-refractivity contribution in [2.75, 3.05) is 0 Å². The number of nitrogens with zero attached hydrogens (tertiary/aromatic N) is 3. The van der Waals surface area contributed by atoms with Gasteiger partial charge in [0.1, 0.15) is 0 Å². The molecule has 6 rings (SSSR count). The molecule has 0 bridgehead atoms. The van der Waals surface area contributed by atoms with Crippen LogP contribution in [0.15, 0.2) is 52.9 Å². The second-order valence-corrected chi connectivity index (χ2v) is 11.5. The maximum absolute atomic E-state index is 6.55. The Morgan fingerprint density at radius 3 is 2.21 bits per heavy atom. The van der Waals surface area contributed by atoms with E-state index >= 15 is 0 Å². The predicted molar refractivity (Wildman–Crippen MR) is 153 cm³/mol. The molecule has 0 saturated heterocycles. The van der Waals surface area contributed by atoms with Crippen LogP contribution in [0.4, 0.5) is 0 Å². The van der Waals surface area contributed by atoms with Crippen LogP contribution in [0, 0.1) is 40.7 Å². The zero-order valence-electron chi connectivity index (χ0n) is 23.2. The number of imidazole rings is 1. The second-order valence-electron chi connectivity index (χ2n) is 11.5. The van der Waals surface area contributed by atoms with Crippen molar-refractivity contribution in [3.05, 3.63) is 88.1 Å². The van der Waals surface area contributed by atoms with Gasteiger partial charge in [-0.3, -0.25) is 4.98 Å². The molecule has 4 nitrogen and oxygen atoms in total. The van der Waals surface area contributed by atoms with Crippen LogP contribution < -0.4 is 0 Å². The van der Waals surface area contributed by atoms with Gasteiger partial charge in [0.2, 0.25) is 5.71 Å². The summed E-state index contributed by atoms with van der Waals surface area (Å²) >= 11 is 0. The van der Waals surface area contributed by atoms with Crippen molar-refractivity contribution >= 4 is 33.1 Å². The SMILES string of the molecule is Cc1cc(C)c(-n2c(-c3[c-]cc(C)c4c3oc3nc(C(C)(C)C)ccc34)nc3ccc(C)cc32)c(C)c1.[Ir]. The smallest absolute Gasteiger partial charge is 0.216 e. The van der Waals surface area contributed by atoms with Gasteiger partial charge in [-0.25, -0.2) is 4.98 Å². The molecular weight excluding hydrogens is 647 g/mol. The standard InChI is InChI=1S/C33H32N3O.Ir/c1-18-9-13-25-26(17-18)36(29-21(4)15-19(2)16-22(29)5)31(34-25)24-11-10-20(3)28-23-12-14-27(33(6,7)8)35-32(23)37-30(24)28;/h9-10,12-17H,1-8H3;/q-1;. The van der Waals surface area contributed by atoms with Crippen molar-refractivity contribution in [3.63, 3.8) is 0 Å². The summed E-state index contributed by atoms with van der Waals surface area (Å²) in [5.41, 5.74) is 12.4. The maximum atomic E-state index is 6.55. The van der Waals surface area contributed by atoms with Crippen LogP contribution in [0.2, 0.25) is 0 Å². The van der Waals surface area contributed by atoms with Gasteiger partial charge in [0.25, 0.3) is 0 Å². The fourth-order valence-corrected chi connectivity index (χ4v) is 5.55. The molecule has 38 heavy (non-hydrogen) atoms. The Morgan fingerprint density at radius 2 is 1.53 bits per heavy atom. The predicted octanol–water partition coefficient (Wildman–Crippen LogP) is 8.62. The van der Waals surface area contributed by atoms with E-state index in [0.717, 1.165) is 55.7 Å². The first-order valence-electron chi connectivity index (χ1n) is 12.9. The zero-order chi connectivity index (χ0) is 26.2. The number of hydrogen-bond donors (Lipinski definition) is 0. The summed E-state index contributed by atoms with van der Waals surface area (Å²) in [6.07, 6.45) is 0. The fourth-order valence-electron chi connectivity index (χ4n) is 5.55. The third-order valence-corrected chi connectivity index (χ3v) is 7.27. The van der Waals surface area contributed by atoms with E-state index in [-0.39, 0.29) is 25.5 Å². The van der Waals surface area contributed by atoms with Crippen LogP contribution in [-0.4, -0.2) is 14.5 Å². The molecule has 0 atom stereocenters. The molecular formula is C33H32IrN3O-. The molecule has 0 unspecified atom stereocenters. The Hall–Kier alpha value is -3.27. The van der Waals surface area contributed by atoms with Crippen LogP contribution in [0.5, 0.6) is 0 Å². The number of pyridine rings is 1. The van der Waals surface area contributed by atoms with Crippen LogP contribution >= 0.6 is 0 Å². The Morgan fingerprint density at radius 1 is 0.816 bits per heavy atom. The first-order valence-corrected chi connectivity index (χ1v) is 12.9. The molecule has 0 amide bonds. The number of aromatic nitrogens is 3.